The lowest BCUT2D eigenvalue weighted by atomic mass is 10.0. The third kappa shape index (κ3) is 4.47. The van der Waals surface area contributed by atoms with Crippen LogP contribution in [0.5, 0.6) is 0 Å². The van der Waals surface area contributed by atoms with Crippen molar-refractivity contribution in [2.45, 2.75) is 56.8 Å². The lowest BCUT2D eigenvalue weighted by Gasteiger charge is -2.26. The first kappa shape index (κ1) is 22.2. The monoisotopic (exact) mass is 459 g/mol. The summed E-state index contributed by atoms with van der Waals surface area (Å²) in [5.74, 6) is -0.237. The summed E-state index contributed by atoms with van der Waals surface area (Å²) in [7, 11) is -3.61. The van der Waals surface area contributed by atoms with E-state index in [9.17, 15) is 13.2 Å². The van der Waals surface area contributed by atoms with Gasteiger partial charge in [0, 0.05) is 30.1 Å². The number of anilines is 1. The highest BCUT2D eigenvalue weighted by Crippen LogP contribution is 2.33. The fourth-order valence-corrected chi connectivity index (χ4v) is 6.92. The van der Waals surface area contributed by atoms with Crippen LogP contribution in [0.25, 0.3) is 0 Å². The highest BCUT2D eigenvalue weighted by atomic mass is 32.2. The van der Waals surface area contributed by atoms with Crippen molar-refractivity contribution in [1.29, 1.82) is 0 Å². The number of hydrogen-bond acceptors (Lipinski definition) is 5. The molecule has 1 saturated heterocycles. The van der Waals surface area contributed by atoms with Gasteiger partial charge in [0.1, 0.15) is 0 Å². The average Bonchev–Trinajstić information content (AvgIpc) is 3.21. The van der Waals surface area contributed by atoms with E-state index >= 15 is 0 Å². The van der Waals surface area contributed by atoms with Crippen molar-refractivity contribution in [1.82, 2.24) is 9.29 Å². The Kier molecular flexibility index (Phi) is 6.60. The zero-order valence-electron chi connectivity index (χ0n) is 18.0. The molecule has 1 amide bonds. The molecule has 1 aliphatic carbocycles. The molecule has 0 unspecified atom stereocenters. The maximum absolute atomic E-state index is 13.6. The Morgan fingerprint density at radius 2 is 1.94 bits per heavy atom. The molecule has 2 heterocycles. The molecule has 0 spiro atoms. The van der Waals surface area contributed by atoms with Gasteiger partial charge in [0.05, 0.1) is 10.6 Å². The molecule has 6 nitrogen and oxygen atoms in total. The van der Waals surface area contributed by atoms with Gasteiger partial charge in [-0.3, -0.25) is 9.69 Å². The molecule has 1 aliphatic heterocycles. The first-order chi connectivity index (χ1) is 14.9. The molecule has 1 aromatic carbocycles. The molecule has 1 fully saturated rings. The maximum Gasteiger partial charge on any atom is 0.260 e. The van der Waals surface area contributed by atoms with Gasteiger partial charge < -0.3 is 0 Å². The largest absolute Gasteiger partial charge is 0.280 e. The Balaban J connectivity index is 1.68. The minimum atomic E-state index is -3.61. The van der Waals surface area contributed by atoms with Gasteiger partial charge in [0.15, 0.2) is 5.13 Å². The molecule has 0 radical (unpaired) electrons. The number of thiazole rings is 1. The molecular weight excluding hydrogens is 430 g/mol. The van der Waals surface area contributed by atoms with E-state index in [1.165, 1.54) is 15.2 Å². The summed E-state index contributed by atoms with van der Waals surface area (Å²) in [6, 6.07) is 4.87. The lowest BCUT2D eigenvalue weighted by Crippen LogP contribution is -2.36. The number of piperidine rings is 1. The van der Waals surface area contributed by atoms with E-state index in [1.54, 1.807) is 34.4 Å². The zero-order chi connectivity index (χ0) is 22.0. The summed E-state index contributed by atoms with van der Waals surface area (Å²) in [5, 5.41) is 0.667. The first-order valence-corrected chi connectivity index (χ1v) is 13.2. The molecule has 2 aliphatic rings. The molecule has 0 bridgehead atoms. The summed E-state index contributed by atoms with van der Waals surface area (Å²) in [5.41, 5.74) is 2.23. The molecule has 31 heavy (non-hydrogen) atoms. The second-order valence-electron chi connectivity index (χ2n) is 8.22. The van der Waals surface area contributed by atoms with Crippen LogP contribution in [0.15, 0.2) is 35.7 Å². The summed E-state index contributed by atoms with van der Waals surface area (Å²) in [6.45, 7) is 7.04. The first-order valence-electron chi connectivity index (χ1n) is 10.9. The van der Waals surface area contributed by atoms with Crippen LogP contribution in [-0.4, -0.2) is 43.2 Å². The Morgan fingerprint density at radius 1 is 1.19 bits per heavy atom. The van der Waals surface area contributed by atoms with Crippen LogP contribution in [0.1, 0.15) is 58.6 Å². The third-order valence-electron chi connectivity index (χ3n) is 6.01. The van der Waals surface area contributed by atoms with Gasteiger partial charge in [-0.25, -0.2) is 13.4 Å². The molecule has 0 N–H and O–H groups in total. The molecule has 8 heteroatoms. The number of rotatable bonds is 6. The predicted octanol–water partition coefficient (Wildman–Crippen LogP) is 4.34. The van der Waals surface area contributed by atoms with Gasteiger partial charge in [-0.05, 0) is 63.1 Å². The van der Waals surface area contributed by atoms with Crippen molar-refractivity contribution in [3.63, 3.8) is 0 Å². The van der Waals surface area contributed by atoms with Crippen LogP contribution < -0.4 is 4.90 Å². The SMILES string of the molecule is C=CCN(C(=O)c1cc(S(=O)(=O)N2CCCCC2)ccc1C)c1nc2c(s1)CCCC2. The van der Waals surface area contributed by atoms with E-state index in [0.717, 1.165) is 56.2 Å². The van der Waals surface area contributed by atoms with Gasteiger partial charge in [0.25, 0.3) is 5.91 Å². The van der Waals surface area contributed by atoms with Crippen molar-refractivity contribution >= 4 is 32.4 Å². The van der Waals surface area contributed by atoms with Crippen LogP contribution >= 0.6 is 11.3 Å². The van der Waals surface area contributed by atoms with Gasteiger partial charge in [-0.2, -0.15) is 4.31 Å². The minimum absolute atomic E-state index is 0.181. The van der Waals surface area contributed by atoms with Crippen molar-refractivity contribution in [2.75, 3.05) is 24.5 Å². The van der Waals surface area contributed by atoms with Crippen molar-refractivity contribution in [3.05, 3.63) is 52.6 Å². The van der Waals surface area contributed by atoms with E-state index in [2.05, 4.69) is 6.58 Å². The van der Waals surface area contributed by atoms with Crippen molar-refractivity contribution in [2.24, 2.45) is 0 Å². The molecule has 0 saturated carbocycles. The standard InChI is InChI=1S/C23H29N3O3S2/c1-3-13-26(23-24-20-9-5-6-10-21(20)30-23)22(27)19-16-18(12-11-17(19)2)31(28,29)25-14-7-4-8-15-25/h3,11-12,16H,1,4-10,13-15H2,2H3. The van der Waals surface area contributed by atoms with Crippen LogP contribution in [0, 0.1) is 6.92 Å². The smallest absolute Gasteiger partial charge is 0.260 e. The van der Waals surface area contributed by atoms with E-state index in [4.69, 9.17) is 4.98 Å². The van der Waals surface area contributed by atoms with Gasteiger partial charge >= 0.3 is 0 Å². The number of carbonyl (C=O) groups is 1. The molecule has 4 rings (SSSR count). The summed E-state index contributed by atoms with van der Waals surface area (Å²) in [6.07, 6.45) is 8.72. The number of aryl methyl sites for hydroxylation is 3. The highest BCUT2D eigenvalue weighted by molar-refractivity contribution is 7.89. The fraction of sp³-hybridized carbons (Fsp3) is 0.478. The van der Waals surface area contributed by atoms with Gasteiger partial charge in [-0.15, -0.1) is 17.9 Å². The summed E-state index contributed by atoms with van der Waals surface area (Å²) >= 11 is 1.56. The van der Waals surface area contributed by atoms with Crippen molar-refractivity contribution in [3.8, 4) is 0 Å². The number of nitrogens with zero attached hydrogens (tertiary/aromatic N) is 3. The van der Waals surface area contributed by atoms with Crippen LogP contribution in [-0.2, 0) is 22.9 Å². The molecular formula is C23H29N3O3S2. The van der Waals surface area contributed by atoms with E-state index in [-0.39, 0.29) is 10.8 Å². The normalized spacial score (nSPS) is 17.2. The molecule has 2 aromatic rings. The number of carbonyl (C=O) groups excluding carboxylic acids is 1. The van der Waals surface area contributed by atoms with Crippen molar-refractivity contribution < 1.29 is 13.2 Å². The van der Waals surface area contributed by atoms with E-state index in [1.807, 2.05) is 6.92 Å². The minimum Gasteiger partial charge on any atom is -0.280 e. The number of hydrogen-bond donors (Lipinski definition) is 0. The Morgan fingerprint density at radius 3 is 2.65 bits per heavy atom. The highest BCUT2D eigenvalue weighted by Gasteiger charge is 2.29. The fourth-order valence-electron chi connectivity index (χ4n) is 4.22. The molecule has 0 atom stereocenters. The Labute approximate surface area is 188 Å². The van der Waals surface area contributed by atoms with E-state index < -0.39 is 10.0 Å². The Hall–Kier alpha value is -2.03. The summed E-state index contributed by atoms with van der Waals surface area (Å²) < 4.78 is 27.8. The van der Waals surface area contributed by atoms with Crippen LogP contribution in [0.3, 0.4) is 0 Å². The van der Waals surface area contributed by atoms with E-state index in [0.29, 0.717) is 30.3 Å². The van der Waals surface area contributed by atoms with Crippen LogP contribution in [0.4, 0.5) is 5.13 Å². The lowest BCUT2D eigenvalue weighted by molar-refractivity contribution is 0.0989. The van der Waals surface area contributed by atoms with Gasteiger partial charge in [0.2, 0.25) is 10.0 Å². The molecule has 166 valence electrons. The topological polar surface area (TPSA) is 70.6 Å². The second-order valence-corrected chi connectivity index (χ2v) is 11.2. The number of amides is 1. The maximum atomic E-state index is 13.6. The number of sulfonamides is 1. The van der Waals surface area contributed by atoms with Crippen LogP contribution in [0.2, 0.25) is 0 Å². The number of benzene rings is 1. The zero-order valence-corrected chi connectivity index (χ0v) is 19.6. The molecule has 1 aromatic heterocycles. The quantitative estimate of drug-likeness (QED) is 0.603. The summed E-state index contributed by atoms with van der Waals surface area (Å²) in [4.78, 5) is 21.4. The predicted molar refractivity (Wildman–Crippen MR) is 124 cm³/mol. The second kappa shape index (κ2) is 9.22. The third-order valence-corrected chi connectivity index (χ3v) is 9.09. The average molecular weight is 460 g/mol. The number of aromatic nitrogens is 1. The Bertz CT molecular complexity index is 1060. The van der Waals surface area contributed by atoms with Gasteiger partial charge in [-0.1, -0.05) is 18.6 Å². The number of fused-ring (bicyclic) bond motifs is 1.